The SMILES string of the molecule is CCCCOc1nc(N)c2[nH]c(=O)n(C3CN(C(CCC)C(=O)NCc4ccc(CC(=O)OC)cc4)CCN3C(C)C)c2n1. The Morgan fingerprint density at radius 3 is 2.50 bits per heavy atom. The average Bonchev–Trinajstić information content (AvgIpc) is 3.35. The van der Waals surface area contributed by atoms with Gasteiger partial charge in [-0.2, -0.15) is 9.97 Å². The lowest BCUT2D eigenvalue weighted by Crippen LogP contribution is -2.59. The molecule has 3 heterocycles. The van der Waals surface area contributed by atoms with E-state index in [-0.39, 0.29) is 47.9 Å². The van der Waals surface area contributed by atoms with Crippen LogP contribution in [0.15, 0.2) is 29.1 Å². The van der Waals surface area contributed by atoms with Gasteiger partial charge in [-0.15, -0.1) is 0 Å². The van der Waals surface area contributed by atoms with Gasteiger partial charge in [0, 0.05) is 32.2 Å². The number of esters is 1. The predicted octanol–water partition coefficient (Wildman–Crippen LogP) is 2.61. The van der Waals surface area contributed by atoms with Crippen molar-refractivity contribution in [3.05, 3.63) is 45.9 Å². The molecule has 0 spiro atoms. The molecule has 2 unspecified atom stereocenters. The number of nitrogens with two attached hydrogens (primary N) is 1. The number of hydrogen-bond acceptors (Lipinski definition) is 10. The zero-order valence-electron chi connectivity index (χ0n) is 26.5. The Labute approximate surface area is 258 Å². The van der Waals surface area contributed by atoms with Gasteiger partial charge in [-0.25, -0.2) is 4.79 Å². The fraction of sp³-hybridized carbons (Fsp3) is 0.581. The van der Waals surface area contributed by atoms with Crippen molar-refractivity contribution in [3.8, 4) is 6.01 Å². The van der Waals surface area contributed by atoms with Crippen LogP contribution in [0.25, 0.3) is 11.2 Å². The largest absolute Gasteiger partial charge is 0.469 e. The molecule has 4 N–H and O–H groups in total. The van der Waals surface area contributed by atoms with Gasteiger partial charge in [0.25, 0.3) is 0 Å². The van der Waals surface area contributed by atoms with E-state index in [0.29, 0.717) is 50.4 Å². The first-order chi connectivity index (χ1) is 21.2. The minimum Gasteiger partial charge on any atom is -0.469 e. The highest BCUT2D eigenvalue weighted by molar-refractivity contribution is 5.82. The molecule has 1 aliphatic rings. The molecule has 4 rings (SSSR count). The van der Waals surface area contributed by atoms with Gasteiger partial charge in [0.1, 0.15) is 11.7 Å². The number of benzene rings is 1. The van der Waals surface area contributed by atoms with Crippen LogP contribution in [0.1, 0.15) is 70.7 Å². The van der Waals surface area contributed by atoms with Crippen molar-refractivity contribution in [1.82, 2.24) is 34.6 Å². The van der Waals surface area contributed by atoms with Crippen molar-refractivity contribution in [3.63, 3.8) is 0 Å². The van der Waals surface area contributed by atoms with Gasteiger partial charge in [0.15, 0.2) is 11.5 Å². The van der Waals surface area contributed by atoms with Crippen LogP contribution in [0.5, 0.6) is 6.01 Å². The molecule has 0 aliphatic carbocycles. The number of ether oxygens (including phenoxy) is 2. The van der Waals surface area contributed by atoms with Crippen LogP contribution in [0.3, 0.4) is 0 Å². The van der Waals surface area contributed by atoms with E-state index in [9.17, 15) is 14.4 Å². The maximum Gasteiger partial charge on any atom is 0.329 e. The summed E-state index contributed by atoms with van der Waals surface area (Å²) in [6.45, 7) is 10.9. The summed E-state index contributed by atoms with van der Waals surface area (Å²) >= 11 is 0. The molecule has 0 radical (unpaired) electrons. The summed E-state index contributed by atoms with van der Waals surface area (Å²) in [5.74, 6) is -0.203. The number of aromatic nitrogens is 4. The minimum absolute atomic E-state index is 0.0633. The molecule has 1 aliphatic heterocycles. The third-order valence-corrected chi connectivity index (χ3v) is 8.06. The first kappa shape index (κ1) is 32.9. The van der Waals surface area contributed by atoms with Crippen LogP contribution in [0.2, 0.25) is 0 Å². The number of carbonyl (C=O) groups is 2. The molecule has 13 heteroatoms. The maximum atomic E-state index is 13.6. The molecule has 1 fully saturated rings. The number of imidazole rings is 1. The summed E-state index contributed by atoms with van der Waals surface area (Å²) in [7, 11) is 1.37. The van der Waals surface area contributed by atoms with Gasteiger partial charge in [-0.05, 0) is 37.8 Å². The molecule has 3 aromatic rings. The van der Waals surface area contributed by atoms with E-state index in [4.69, 9.17) is 15.2 Å². The number of H-pyrrole nitrogens is 1. The summed E-state index contributed by atoms with van der Waals surface area (Å²) in [6, 6.07) is 7.45. The molecule has 1 aromatic carbocycles. The van der Waals surface area contributed by atoms with E-state index in [1.54, 1.807) is 4.57 Å². The number of nitrogens with zero attached hydrogens (tertiary/aromatic N) is 5. The first-order valence-electron chi connectivity index (χ1n) is 15.5. The number of methoxy groups -OCH3 is 1. The maximum absolute atomic E-state index is 13.6. The van der Waals surface area contributed by atoms with Crippen molar-refractivity contribution in [2.45, 2.75) is 84.6 Å². The van der Waals surface area contributed by atoms with Crippen molar-refractivity contribution in [2.75, 3.05) is 39.1 Å². The normalized spacial score (nSPS) is 16.7. The summed E-state index contributed by atoms with van der Waals surface area (Å²) < 4.78 is 12.1. The van der Waals surface area contributed by atoms with Crippen molar-refractivity contribution in [2.24, 2.45) is 0 Å². The second-order valence-corrected chi connectivity index (χ2v) is 11.5. The molecule has 2 atom stereocenters. The number of aromatic amines is 1. The van der Waals surface area contributed by atoms with Crippen LogP contribution < -0.4 is 21.5 Å². The fourth-order valence-electron chi connectivity index (χ4n) is 5.64. The van der Waals surface area contributed by atoms with Crippen molar-refractivity contribution < 1.29 is 19.1 Å². The topological polar surface area (TPSA) is 161 Å². The standard InChI is InChI=1S/C31H46N8O5/c1-6-8-16-44-30-35-27(32)26-28(36-30)39(31(42)34-26)24-19-37(14-15-38(24)20(3)4)23(9-7-2)29(41)33-18-22-12-10-21(11-13-22)17-25(40)43-5/h10-13,20,23-24H,6-9,14-19H2,1-5H3,(H,33,41)(H,34,42)(H2,32,35,36). The van der Waals surface area contributed by atoms with Gasteiger partial charge >= 0.3 is 17.7 Å². The molecule has 2 aromatic heterocycles. The Bertz CT molecular complexity index is 1470. The Hall–Kier alpha value is -3.97. The smallest absolute Gasteiger partial charge is 0.329 e. The van der Waals surface area contributed by atoms with Crippen LogP contribution in [0.4, 0.5) is 5.82 Å². The second kappa shape index (κ2) is 15.2. The number of rotatable bonds is 14. The number of fused-ring (bicyclic) bond motifs is 1. The first-order valence-corrected chi connectivity index (χ1v) is 15.5. The molecular weight excluding hydrogens is 564 g/mol. The van der Waals surface area contributed by atoms with Gasteiger partial charge in [-0.1, -0.05) is 51.0 Å². The lowest BCUT2D eigenvalue weighted by Gasteiger charge is -2.45. The fourth-order valence-corrected chi connectivity index (χ4v) is 5.64. The number of unbranched alkanes of at least 4 members (excludes halogenated alkanes) is 1. The summed E-state index contributed by atoms with van der Waals surface area (Å²) in [5.41, 5.74) is 8.44. The lowest BCUT2D eigenvalue weighted by molar-refractivity contribution is -0.139. The van der Waals surface area contributed by atoms with Crippen LogP contribution in [-0.4, -0.2) is 86.6 Å². The average molecular weight is 611 g/mol. The zero-order chi connectivity index (χ0) is 31.8. The third kappa shape index (κ3) is 7.75. The number of nitrogens with one attached hydrogen (secondary N) is 2. The summed E-state index contributed by atoms with van der Waals surface area (Å²) in [5, 5.41) is 3.10. The highest BCUT2D eigenvalue weighted by Crippen LogP contribution is 2.28. The van der Waals surface area contributed by atoms with Gasteiger partial charge in [0.2, 0.25) is 5.91 Å². The lowest BCUT2D eigenvalue weighted by atomic mass is 10.1. The molecule has 240 valence electrons. The quantitative estimate of drug-likeness (QED) is 0.183. The highest BCUT2D eigenvalue weighted by Gasteiger charge is 2.37. The molecular formula is C31H46N8O5. The van der Waals surface area contributed by atoms with E-state index in [1.165, 1.54) is 7.11 Å². The predicted molar refractivity (Wildman–Crippen MR) is 168 cm³/mol. The summed E-state index contributed by atoms with van der Waals surface area (Å²) in [6.07, 6.45) is 3.12. The van der Waals surface area contributed by atoms with Crippen LogP contribution in [0, 0.1) is 0 Å². The van der Waals surface area contributed by atoms with Crippen LogP contribution >= 0.6 is 0 Å². The zero-order valence-corrected chi connectivity index (χ0v) is 26.5. The Morgan fingerprint density at radius 1 is 1.11 bits per heavy atom. The number of piperazine rings is 1. The van der Waals surface area contributed by atoms with Gasteiger partial charge in [0.05, 0.1) is 26.2 Å². The van der Waals surface area contributed by atoms with Gasteiger partial charge in [-0.3, -0.25) is 24.0 Å². The second-order valence-electron chi connectivity index (χ2n) is 11.5. The third-order valence-electron chi connectivity index (χ3n) is 8.06. The molecule has 44 heavy (non-hydrogen) atoms. The molecule has 0 saturated carbocycles. The number of nitrogen functional groups attached to an aromatic ring is 1. The molecule has 0 bridgehead atoms. The Balaban J connectivity index is 1.55. The number of amides is 1. The van der Waals surface area contributed by atoms with Crippen molar-refractivity contribution >= 4 is 28.9 Å². The number of hydrogen-bond donors (Lipinski definition) is 3. The van der Waals surface area contributed by atoms with Crippen molar-refractivity contribution in [1.29, 1.82) is 0 Å². The van der Waals surface area contributed by atoms with E-state index in [0.717, 1.165) is 30.4 Å². The Kier molecular flexibility index (Phi) is 11.3. The van der Waals surface area contributed by atoms with E-state index in [2.05, 4.69) is 57.8 Å². The van der Waals surface area contributed by atoms with E-state index < -0.39 is 6.17 Å². The van der Waals surface area contributed by atoms with Crippen LogP contribution in [-0.2, 0) is 27.3 Å². The molecule has 13 nitrogen and oxygen atoms in total. The Morgan fingerprint density at radius 2 is 1.84 bits per heavy atom. The minimum atomic E-state index is -0.391. The van der Waals surface area contributed by atoms with E-state index in [1.807, 2.05) is 24.3 Å². The number of anilines is 1. The molecule has 1 amide bonds. The van der Waals surface area contributed by atoms with Gasteiger partial charge < -0.3 is 25.5 Å². The summed E-state index contributed by atoms with van der Waals surface area (Å²) in [4.78, 5) is 54.7. The monoisotopic (exact) mass is 610 g/mol. The van der Waals surface area contributed by atoms with E-state index >= 15 is 0 Å². The number of carbonyl (C=O) groups excluding carboxylic acids is 2. The highest BCUT2D eigenvalue weighted by atomic mass is 16.5. The molecule has 1 saturated heterocycles.